The van der Waals surface area contributed by atoms with Crippen molar-refractivity contribution in [1.29, 1.82) is 0 Å². The van der Waals surface area contributed by atoms with E-state index in [1.54, 1.807) is 25.2 Å². The first-order valence-electron chi connectivity index (χ1n) is 9.14. The highest BCUT2D eigenvalue weighted by Crippen LogP contribution is 2.28. The number of amides is 4. The number of likely N-dealkylation sites (tertiary alicyclic amines) is 1. The first-order chi connectivity index (χ1) is 13.0. The second kappa shape index (κ2) is 8.28. The van der Waals surface area contributed by atoms with Crippen LogP contribution in [0.4, 0.5) is 4.79 Å². The molecule has 8 heteroatoms. The van der Waals surface area contributed by atoms with Crippen molar-refractivity contribution in [3.8, 4) is 11.5 Å². The number of hydrogen-bond acceptors (Lipinski definition) is 5. The van der Waals surface area contributed by atoms with E-state index in [4.69, 9.17) is 9.47 Å². The standard InChI is InChI=1S/C19H25N3O5/c1-26-15-6-5-13(11-16(15)27-2)7-10-22-18(24)14(20-19(22)25)12-17(23)21-8-3-4-9-21/h5-6,11,14H,3-4,7-10,12H2,1-2H3,(H,20,25)/t14-/m0/s1. The molecule has 1 N–H and O–H groups in total. The van der Waals surface area contributed by atoms with Crippen LogP contribution < -0.4 is 14.8 Å². The molecule has 0 bridgehead atoms. The number of hydrogen-bond donors (Lipinski definition) is 1. The molecule has 0 spiro atoms. The van der Waals surface area contributed by atoms with Gasteiger partial charge in [-0.3, -0.25) is 14.5 Å². The zero-order valence-corrected chi connectivity index (χ0v) is 15.7. The molecule has 0 saturated carbocycles. The van der Waals surface area contributed by atoms with Gasteiger partial charge in [0.25, 0.3) is 5.91 Å². The van der Waals surface area contributed by atoms with Crippen molar-refractivity contribution in [2.75, 3.05) is 33.9 Å². The number of ether oxygens (including phenoxy) is 2. The maximum Gasteiger partial charge on any atom is 0.324 e. The largest absolute Gasteiger partial charge is 0.493 e. The average Bonchev–Trinajstić information content (AvgIpc) is 3.29. The summed E-state index contributed by atoms with van der Waals surface area (Å²) in [5.74, 6) is 0.805. The van der Waals surface area contributed by atoms with Crippen LogP contribution in [0.1, 0.15) is 24.8 Å². The van der Waals surface area contributed by atoms with E-state index in [0.717, 1.165) is 31.5 Å². The highest BCUT2D eigenvalue weighted by Gasteiger charge is 2.39. The Morgan fingerprint density at radius 2 is 1.85 bits per heavy atom. The lowest BCUT2D eigenvalue weighted by atomic mass is 10.1. The van der Waals surface area contributed by atoms with Crippen molar-refractivity contribution in [2.45, 2.75) is 31.7 Å². The summed E-state index contributed by atoms with van der Waals surface area (Å²) in [5.41, 5.74) is 0.921. The smallest absolute Gasteiger partial charge is 0.324 e. The van der Waals surface area contributed by atoms with Gasteiger partial charge in [-0.05, 0) is 37.0 Å². The third-order valence-electron chi connectivity index (χ3n) is 5.02. The number of carbonyl (C=O) groups is 3. The van der Waals surface area contributed by atoms with Crippen LogP contribution in [0.3, 0.4) is 0 Å². The molecule has 1 atom stereocenters. The molecule has 2 heterocycles. The van der Waals surface area contributed by atoms with Gasteiger partial charge >= 0.3 is 6.03 Å². The van der Waals surface area contributed by atoms with Crippen LogP contribution in [-0.4, -0.2) is 67.5 Å². The van der Waals surface area contributed by atoms with Gasteiger partial charge in [-0.25, -0.2) is 4.79 Å². The summed E-state index contributed by atoms with van der Waals surface area (Å²) in [7, 11) is 3.12. The van der Waals surface area contributed by atoms with Gasteiger partial charge in [0, 0.05) is 19.6 Å². The van der Waals surface area contributed by atoms with Crippen LogP contribution in [0.2, 0.25) is 0 Å². The van der Waals surface area contributed by atoms with Gasteiger partial charge in [0.05, 0.1) is 20.6 Å². The molecule has 4 amide bonds. The Bertz CT molecular complexity index is 730. The molecule has 0 radical (unpaired) electrons. The maximum absolute atomic E-state index is 12.5. The van der Waals surface area contributed by atoms with E-state index in [1.807, 2.05) is 12.1 Å². The van der Waals surface area contributed by atoms with Crippen LogP contribution in [0.15, 0.2) is 18.2 Å². The molecule has 2 aliphatic heterocycles. The predicted molar refractivity (Wildman–Crippen MR) is 97.7 cm³/mol. The van der Waals surface area contributed by atoms with E-state index < -0.39 is 12.1 Å². The first-order valence-corrected chi connectivity index (χ1v) is 9.14. The molecule has 2 saturated heterocycles. The SMILES string of the molecule is COc1ccc(CCN2C(=O)N[C@@H](CC(=O)N3CCCC3)C2=O)cc1OC. The van der Waals surface area contributed by atoms with Gasteiger partial charge in [0.15, 0.2) is 11.5 Å². The highest BCUT2D eigenvalue weighted by molar-refractivity contribution is 6.05. The average molecular weight is 375 g/mol. The van der Waals surface area contributed by atoms with Crippen LogP contribution >= 0.6 is 0 Å². The topological polar surface area (TPSA) is 88.2 Å². The number of urea groups is 1. The van der Waals surface area contributed by atoms with E-state index >= 15 is 0 Å². The highest BCUT2D eigenvalue weighted by atomic mass is 16.5. The zero-order chi connectivity index (χ0) is 19.4. The van der Waals surface area contributed by atoms with Crippen LogP contribution in [0.25, 0.3) is 0 Å². The Hall–Kier alpha value is -2.77. The third kappa shape index (κ3) is 4.15. The molecular weight excluding hydrogens is 350 g/mol. The Morgan fingerprint density at radius 1 is 1.15 bits per heavy atom. The monoisotopic (exact) mass is 375 g/mol. The minimum Gasteiger partial charge on any atom is -0.493 e. The number of rotatable bonds is 7. The molecule has 146 valence electrons. The summed E-state index contributed by atoms with van der Waals surface area (Å²) in [6.45, 7) is 1.71. The molecule has 2 aliphatic rings. The Morgan fingerprint density at radius 3 is 2.52 bits per heavy atom. The second-order valence-electron chi connectivity index (χ2n) is 6.72. The van der Waals surface area contributed by atoms with E-state index in [2.05, 4.69) is 5.32 Å². The van der Waals surface area contributed by atoms with Crippen LogP contribution in [0.5, 0.6) is 11.5 Å². The molecule has 2 fully saturated rings. The van der Waals surface area contributed by atoms with Gasteiger partial charge < -0.3 is 19.7 Å². The third-order valence-corrected chi connectivity index (χ3v) is 5.02. The lowest BCUT2D eigenvalue weighted by molar-refractivity contribution is -0.135. The van der Waals surface area contributed by atoms with Gasteiger partial charge in [-0.1, -0.05) is 6.07 Å². The summed E-state index contributed by atoms with van der Waals surface area (Å²) in [6.07, 6.45) is 2.51. The Labute approximate surface area is 158 Å². The number of methoxy groups -OCH3 is 2. The van der Waals surface area contributed by atoms with Crippen molar-refractivity contribution in [3.63, 3.8) is 0 Å². The predicted octanol–water partition coefficient (Wildman–Crippen LogP) is 1.18. The molecule has 1 aromatic rings. The quantitative estimate of drug-likeness (QED) is 0.723. The fraction of sp³-hybridized carbons (Fsp3) is 0.526. The fourth-order valence-corrected chi connectivity index (χ4v) is 3.47. The Kier molecular flexibility index (Phi) is 5.83. The lowest BCUT2D eigenvalue weighted by Gasteiger charge is -2.17. The van der Waals surface area contributed by atoms with Crippen molar-refractivity contribution in [2.24, 2.45) is 0 Å². The second-order valence-corrected chi connectivity index (χ2v) is 6.72. The summed E-state index contributed by atoms with van der Waals surface area (Å²) >= 11 is 0. The van der Waals surface area contributed by atoms with Crippen LogP contribution in [-0.2, 0) is 16.0 Å². The molecule has 8 nitrogen and oxygen atoms in total. The van der Waals surface area contributed by atoms with Crippen molar-refractivity contribution < 1.29 is 23.9 Å². The molecule has 0 unspecified atom stereocenters. The summed E-state index contributed by atoms with van der Waals surface area (Å²) in [5, 5.41) is 2.63. The summed E-state index contributed by atoms with van der Waals surface area (Å²) in [4.78, 5) is 39.9. The van der Waals surface area contributed by atoms with E-state index in [0.29, 0.717) is 17.9 Å². The number of nitrogens with zero attached hydrogens (tertiary/aromatic N) is 2. The first kappa shape index (κ1) is 19.0. The minimum atomic E-state index is -0.768. The molecular formula is C19H25N3O5. The van der Waals surface area contributed by atoms with Crippen molar-refractivity contribution in [3.05, 3.63) is 23.8 Å². The van der Waals surface area contributed by atoms with Gasteiger partial charge in [-0.15, -0.1) is 0 Å². The Balaban J connectivity index is 1.58. The fourth-order valence-electron chi connectivity index (χ4n) is 3.47. The lowest BCUT2D eigenvalue weighted by Crippen LogP contribution is -2.38. The van der Waals surface area contributed by atoms with E-state index in [-0.39, 0.29) is 24.8 Å². The molecule has 27 heavy (non-hydrogen) atoms. The normalized spacial score (nSPS) is 19.4. The van der Waals surface area contributed by atoms with Gasteiger partial charge in [0.1, 0.15) is 6.04 Å². The number of benzene rings is 1. The van der Waals surface area contributed by atoms with E-state index in [9.17, 15) is 14.4 Å². The molecule has 0 aliphatic carbocycles. The summed E-state index contributed by atoms with van der Waals surface area (Å²) in [6, 6.07) is 4.27. The minimum absolute atomic E-state index is 0.0252. The van der Waals surface area contributed by atoms with Crippen LogP contribution in [0, 0.1) is 0 Å². The number of nitrogens with one attached hydrogen (secondary N) is 1. The molecule has 3 rings (SSSR count). The maximum atomic E-state index is 12.5. The van der Waals surface area contributed by atoms with Gasteiger partial charge in [0.2, 0.25) is 5.91 Å². The van der Waals surface area contributed by atoms with Gasteiger partial charge in [-0.2, -0.15) is 0 Å². The molecule has 0 aromatic heterocycles. The summed E-state index contributed by atoms with van der Waals surface area (Å²) < 4.78 is 10.5. The number of carbonyl (C=O) groups excluding carboxylic acids is 3. The number of imide groups is 1. The van der Waals surface area contributed by atoms with Crippen molar-refractivity contribution >= 4 is 17.8 Å². The zero-order valence-electron chi connectivity index (χ0n) is 15.7. The van der Waals surface area contributed by atoms with Crippen molar-refractivity contribution in [1.82, 2.24) is 15.1 Å². The molecule has 1 aromatic carbocycles. The van der Waals surface area contributed by atoms with E-state index in [1.165, 1.54) is 4.90 Å².